The van der Waals surface area contributed by atoms with Crippen LogP contribution in [0.3, 0.4) is 0 Å². The van der Waals surface area contributed by atoms with E-state index in [9.17, 15) is 9.18 Å². The van der Waals surface area contributed by atoms with Crippen LogP contribution in [0.25, 0.3) is 0 Å². The fraction of sp³-hybridized carbons (Fsp3) is 0. The molecule has 0 bridgehead atoms. The second-order valence-corrected chi connectivity index (χ2v) is 1.90. The lowest BCUT2D eigenvalue weighted by Crippen LogP contribution is -1.83. The van der Waals surface area contributed by atoms with Gasteiger partial charge in [-0.2, -0.15) is 4.39 Å². The van der Waals surface area contributed by atoms with Gasteiger partial charge in [0, 0.05) is 0 Å². The molecule has 0 saturated carbocycles. The highest BCUT2D eigenvalue weighted by Gasteiger charge is 2.06. The van der Waals surface area contributed by atoms with Crippen molar-refractivity contribution in [2.45, 2.75) is 0 Å². The Morgan fingerprint density at radius 1 is 1.25 bits per heavy atom. The van der Waals surface area contributed by atoms with Crippen molar-refractivity contribution in [1.29, 1.82) is 0 Å². The van der Waals surface area contributed by atoms with Gasteiger partial charge in [0.05, 0.1) is 0 Å². The van der Waals surface area contributed by atoms with Crippen LogP contribution in [-0.2, 0) is 4.79 Å². The van der Waals surface area contributed by atoms with Gasteiger partial charge in [0.1, 0.15) is 5.03 Å². The molecule has 0 fully saturated rings. The molecule has 0 aromatic carbocycles. The van der Waals surface area contributed by atoms with Crippen LogP contribution in [0.4, 0.5) is 4.39 Å². The molecule has 0 unspecified atom stereocenters. The minimum Gasteiger partial charge on any atom is -0.274 e. The molecule has 0 aromatic heterocycles. The molecule has 0 aliphatic heterocycles. The summed E-state index contributed by atoms with van der Waals surface area (Å²) >= 11 is 14.1. The van der Waals surface area contributed by atoms with Crippen molar-refractivity contribution in [2.24, 2.45) is 0 Å². The molecule has 46 valence electrons. The zero-order valence-corrected chi connectivity index (χ0v) is 5.69. The van der Waals surface area contributed by atoms with Gasteiger partial charge in [-0.15, -0.1) is 0 Å². The van der Waals surface area contributed by atoms with Crippen LogP contribution < -0.4 is 0 Å². The second kappa shape index (κ2) is 3.28. The van der Waals surface area contributed by atoms with E-state index in [4.69, 9.17) is 11.6 Å². The van der Waals surface area contributed by atoms with E-state index in [-0.39, 0.29) is 0 Å². The third-order valence-corrected chi connectivity index (χ3v) is 1.25. The summed E-state index contributed by atoms with van der Waals surface area (Å²) in [5, 5.41) is -3.17. The fourth-order valence-corrected chi connectivity index (χ4v) is 0.291. The normalized spacial score (nSPS) is 13.0. The van der Waals surface area contributed by atoms with Gasteiger partial charge in [-0.3, -0.25) is 4.79 Å². The first-order chi connectivity index (χ1) is 3.55. The van der Waals surface area contributed by atoms with E-state index < -0.39 is 15.6 Å². The molecule has 0 spiro atoms. The summed E-state index contributed by atoms with van der Waals surface area (Å²) in [7, 11) is 0. The molecule has 0 heterocycles. The van der Waals surface area contributed by atoms with Crippen LogP contribution in [0.1, 0.15) is 0 Å². The lowest BCUT2D eigenvalue weighted by atomic mass is 10.7. The van der Waals surface area contributed by atoms with E-state index in [1.165, 1.54) is 0 Å². The standard InChI is InChI=1S/C3Cl3FO/c4-1(2(5)7)3(6)8. The first-order valence-electron chi connectivity index (χ1n) is 1.46. The lowest BCUT2D eigenvalue weighted by Gasteiger charge is -1.83. The minimum atomic E-state index is -1.29. The molecule has 0 radical (unpaired) electrons. The van der Waals surface area contributed by atoms with E-state index in [1.807, 2.05) is 0 Å². The number of hydrogen-bond acceptors (Lipinski definition) is 1. The number of carbonyl (C=O) groups is 1. The maximum Gasteiger partial charge on any atom is 0.267 e. The number of allylic oxidation sites excluding steroid dienone is 1. The topological polar surface area (TPSA) is 17.1 Å². The molecule has 1 nitrogen and oxygen atoms in total. The summed E-state index contributed by atoms with van der Waals surface area (Å²) in [6.45, 7) is 0. The average Bonchev–Trinajstić information content (AvgIpc) is 1.64. The van der Waals surface area contributed by atoms with Crippen molar-refractivity contribution in [3.05, 3.63) is 10.3 Å². The van der Waals surface area contributed by atoms with Gasteiger partial charge in [0.25, 0.3) is 5.24 Å². The molecular formula is C3Cl3FO. The Kier molecular flexibility index (Phi) is 3.36. The zero-order chi connectivity index (χ0) is 6.73. The maximum absolute atomic E-state index is 11.6. The van der Waals surface area contributed by atoms with Crippen LogP contribution in [0.15, 0.2) is 10.3 Å². The third-order valence-electron chi connectivity index (χ3n) is 0.338. The Hall–Kier alpha value is 0.210. The van der Waals surface area contributed by atoms with Gasteiger partial charge in [-0.1, -0.05) is 11.6 Å². The molecule has 8 heavy (non-hydrogen) atoms. The Morgan fingerprint density at radius 3 is 1.62 bits per heavy atom. The van der Waals surface area contributed by atoms with Crippen molar-refractivity contribution < 1.29 is 9.18 Å². The molecule has 0 aromatic rings. The minimum absolute atomic E-state index is 0.784. The fourth-order valence-electron chi connectivity index (χ4n) is 0.0743. The van der Waals surface area contributed by atoms with Gasteiger partial charge in [-0.05, 0) is 23.2 Å². The highest BCUT2D eigenvalue weighted by Crippen LogP contribution is 2.16. The molecule has 0 atom stereocenters. The predicted molar refractivity (Wildman–Crippen MR) is 30.7 cm³/mol. The van der Waals surface area contributed by atoms with Gasteiger partial charge in [0.15, 0.2) is 0 Å². The quantitative estimate of drug-likeness (QED) is 0.444. The van der Waals surface area contributed by atoms with E-state index in [0.29, 0.717) is 0 Å². The smallest absolute Gasteiger partial charge is 0.267 e. The van der Waals surface area contributed by atoms with E-state index >= 15 is 0 Å². The SMILES string of the molecule is O=C(Cl)C(Cl)=C(F)Cl. The van der Waals surface area contributed by atoms with E-state index in [2.05, 4.69) is 23.2 Å². The first-order valence-corrected chi connectivity index (χ1v) is 2.59. The van der Waals surface area contributed by atoms with Gasteiger partial charge in [-0.25, -0.2) is 0 Å². The molecule has 0 aliphatic rings. The van der Waals surface area contributed by atoms with Crippen molar-refractivity contribution >= 4 is 40.0 Å². The monoisotopic (exact) mass is 176 g/mol. The van der Waals surface area contributed by atoms with Crippen molar-refractivity contribution in [3.8, 4) is 0 Å². The Bertz CT molecular complexity index is 137. The van der Waals surface area contributed by atoms with Crippen LogP contribution in [0.5, 0.6) is 0 Å². The van der Waals surface area contributed by atoms with Gasteiger partial charge >= 0.3 is 0 Å². The summed E-state index contributed by atoms with van der Waals surface area (Å²) in [4.78, 5) is 9.84. The molecular weight excluding hydrogens is 177 g/mol. The number of hydrogen-bond donors (Lipinski definition) is 0. The van der Waals surface area contributed by atoms with E-state index in [1.54, 1.807) is 0 Å². The average molecular weight is 177 g/mol. The summed E-state index contributed by atoms with van der Waals surface area (Å²) in [6, 6.07) is 0. The number of rotatable bonds is 1. The second-order valence-electron chi connectivity index (χ2n) is 0.848. The number of halogens is 4. The van der Waals surface area contributed by atoms with Crippen LogP contribution >= 0.6 is 34.8 Å². The molecule has 5 heteroatoms. The van der Waals surface area contributed by atoms with Crippen molar-refractivity contribution in [3.63, 3.8) is 0 Å². The predicted octanol–water partition coefficient (Wildman–Crippen LogP) is 2.37. The molecule has 0 N–H and O–H groups in total. The molecule has 0 aliphatic carbocycles. The lowest BCUT2D eigenvalue weighted by molar-refractivity contribution is -0.108. The molecule has 0 rings (SSSR count). The largest absolute Gasteiger partial charge is 0.274 e. The van der Waals surface area contributed by atoms with Crippen LogP contribution in [0.2, 0.25) is 0 Å². The first kappa shape index (κ1) is 8.21. The highest BCUT2D eigenvalue weighted by molar-refractivity contribution is 6.75. The van der Waals surface area contributed by atoms with Crippen molar-refractivity contribution in [1.82, 2.24) is 0 Å². The summed E-state index contributed by atoms with van der Waals surface area (Å²) in [6.07, 6.45) is 0. The zero-order valence-electron chi connectivity index (χ0n) is 3.42. The Morgan fingerprint density at radius 2 is 1.62 bits per heavy atom. The summed E-state index contributed by atoms with van der Waals surface area (Å²) in [5.41, 5.74) is 0. The Balaban J connectivity index is 4.23. The maximum atomic E-state index is 11.6. The Labute approximate surface area is 60.0 Å². The summed E-state index contributed by atoms with van der Waals surface area (Å²) < 4.78 is 11.6. The number of carbonyl (C=O) groups excluding carboxylic acids is 1. The van der Waals surface area contributed by atoms with Gasteiger partial charge < -0.3 is 0 Å². The van der Waals surface area contributed by atoms with Crippen LogP contribution in [0, 0.1) is 0 Å². The van der Waals surface area contributed by atoms with Crippen molar-refractivity contribution in [2.75, 3.05) is 0 Å². The van der Waals surface area contributed by atoms with E-state index in [0.717, 1.165) is 0 Å². The molecule has 0 saturated heterocycles. The molecule has 0 amide bonds. The summed E-state index contributed by atoms with van der Waals surface area (Å²) in [5.74, 6) is 0. The van der Waals surface area contributed by atoms with Gasteiger partial charge in [0.2, 0.25) is 5.29 Å². The van der Waals surface area contributed by atoms with Crippen LogP contribution in [-0.4, -0.2) is 5.24 Å². The third kappa shape index (κ3) is 2.50. The highest BCUT2D eigenvalue weighted by atomic mass is 35.5.